The van der Waals surface area contributed by atoms with Gasteiger partial charge in [-0.05, 0) is 55.0 Å². The van der Waals surface area contributed by atoms with Crippen LogP contribution in [-0.2, 0) is 10.0 Å². The van der Waals surface area contributed by atoms with Gasteiger partial charge in [-0.25, -0.2) is 22.2 Å². The van der Waals surface area contributed by atoms with Crippen LogP contribution in [-0.4, -0.2) is 37.3 Å². The fourth-order valence-electron chi connectivity index (χ4n) is 4.24. The van der Waals surface area contributed by atoms with E-state index in [1.807, 2.05) is 18.2 Å². The summed E-state index contributed by atoms with van der Waals surface area (Å²) >= 11 is 18.2. The van der Waals surface area contributed by atoms with E-state index in [0.717, 1.165) is 22.3 Å². The summed E-state index contributed by atoms with van der Waals surface area (Å²) < 4.78 is 43.8. The highest BCUT2D eigenvalue weighted by Crippen LogP contribution is 2.34. The molecule has 0 unspecified atom stereocenters. The van der Waals surface area contributed by atoms with Gasteiger partial charge in [0.2, 0.25) is 10.0 Å². The Hall–Kier alpha value is -2.36. The van der Waals surface area contributed by atoms with E-state index >= 15 is 0 Å². The number of anilines is 1. The van der Waals surface area contributed by atoms with Crippen molar-refractivity contribution >= 4 is 61.4 Å². The van der Waals surface area contributed by atoms with Gasteiger partial charge in [-0.1, -0.05) is 40.9 Å². The smallest absolute Gasteiger partial charge is 0.243 e. The number of hydrogen-bond acceptors (Lipinski definition) is 4. The molecule has 176 valence electrons. The largest absolute Gasteiger partial charge is 0.369 e. The van der Waals surface area contributed by atoms with Crippen molar-refractivity contribution in [1.82, 2.24) is 14.5 Å². The number of nitrogens with zero attached hydrogens (tertiary/aromatic N) is 3. The Morgan fingerprint density at radius 2 is 1.74 bits per heavy atom. The molecule has 1 atom stereocenters. The van der Waals surface area contributed by atoms with Crippen LogP contribution in [0.25, 0.3) is 16.6 Å². The van der Waals surface area contributed by atoms with Gasteiger partial charge in [0.1, 0.15) is 10.7 Å². The number of nitrogens with one attached hydrogen (secondary N) is 1. The number of fused-ring (bicyclic) bond motifs is 1. The molecule has 5 rings (SSSR count). The fourth-order valence-corrected chi connectivity index (χ4v) is 7.05. The highest BCUT2D eigenvalue weighted by atomic mass is 35.5. The first kappa shape index (κ1) is 23.4. The van der Waals surface area contributed by atoms with E-state index < -0.39 is 10.0 Å². The quantitative estimate of drug-likeness (QED) is 0.354. The zero-order valence-electron chi connectivity index (χ0n) is 17.6. The van der Waals surface area contributed by atoms with Crippen LogP contribution >= 0.6 is 34.8 Å². The van der Waals surface area contributed by atoms with E-state index in [0.29, 0.717) is 19.5 Å². The number of benzene rings is 3. The van der Waals surface area contributed by atoms with Crippen LogP contribution in [0.15, 0.2) is 65.7 Å². The summed E-state index contributed by atoms with van der Waals surface area (Å²) in [5.74, 6) is -0.312. The molecular weight excluding hydrogens is 522 g/mol. The summed E-state index contributed by atoms with van der Waals surface area (Å²) in [5.41, 5.74) is 2.56. The maximum absolute atomic E-state index is 13.3. The predicted molar refractivity (Wildman–Crippen MR) is 133 cm³/mol. The van der Waals surface area contributed by atoms with Crippen LogP contribution in [0.3, 0.4) is 0 Å². The SMILES string of the molecule is O=S(=O)(N[C@H]1CCN(c2cccc3c2cnn3-c2ccc(F)cc2)C1)c1c(Cl)cc(Cl)cc1Cl. The normalized spacial score (nSPS) is 16.5. The molecule has 1 saturated heterocycles. The lowest BCUT2D eigenvalue weighted by atomic mass is 10.2. The lowest BCUT2D eigenvalue weighted by Crippen LogP contribution is -2.37. The van der Waals surface area contributed by atoms with Gasteiger partial charge in [-0.3, -0.25) is 0 Å². The molecule has 1 aliphatic heterocycles. The van der Waals surface area contributed by atoms with Crippen LogP contribution < -0.4 is 9.62 Å². The lowest BCUT2D eigenvalue weighted by Gasteiger charge is -2.20. The fraction of sp³-hybridized carbons (Fsp3) is 0.174. The maximum Gasteiger partial charge on any atom is 0.243 e. The molecule has 6 nitrogen and oxygen atoms in total. The number of sulfonamides is 1. The number of halogens is 4. The second kappa shape index (κ2) is 9.02. The molecule has 0 aliphatic carbocycles. The molecule has 1 aliphatic rings. The molecule has 0 bridgehead atoms. The molecule has 2 heterocycles. The van der Waals surface area contributed by atoms with E-state index in [1.54, 1.807) is 23.0 Å². The average Bonchev–Trinajstić information content (AvgIpc) is 3.40. The molecule has 1 fully saturated rings. The van der Waals surface area contributed by atoms with E-state index in [1.165, 1.54) is 24.3 Å². The monoisotopic (exact) mass is 538 g/mol. The second-order valence-electron chi connectivity index (χ2n) is 7.99. The Labute approximate surface area is 210 Å². The van der Waals surface area contributed by atoms with Crippen LogP contribution in [0.4, 0.5) is 10.1 Å². The van der Waals surface area contributed by atoms with Gasteiger partial charge in [-0.2, -0.15) is 5.10 Å². The highest BCUT2D eigenvalue weighted by molar-refractivity contribution is 7.89. The molecule has 0 saturated carbocycles. The standard InChI is InChI=1S/C23H18Cl3FN4O2S/c24-14-10-19(25)23(20(26)11-14)34(32,33)29-16-8-9-30(13-16)21-2-1-3-22-18(21)12-28-31(22)17-6-4-15(27)5-7-17/h1-7,10-12,16,29H,8-9,13H2/t16-/m0/s1. The first-order valence-corrected chi connectivity index (χ1v) is 13.0. The van der Waals surface area contributed by atoms with Crippen molar-refractivity contribution in [2.45, 2.75) is 17.4 Å². The van der Waals surface area contributed by atoms with Crippen molar-refractivity contribution in [1.29, 1.82) is 0 Å². The third-order valence-corrected chi connectivity index (χ3v) is 8.40. The first-order chi connectivity index (χ1) is 16.2. The minimum atomic E-state index is -3.95. The van der Waals surface area contributed by atoms with Gasteiger partial charge in [0.25, 0.3) is 0 Å². The summed E-state index contributed by atoms with van der Waals surface area (Å²) in [6, 6.07) is 14.3. The molecule has 34 heavy (non-hydrogen) atoms. The molecule has 1 N–H and O–H groups in total. The van der Waals surface area contributed by atoms with Crippen molar-refractivity contribution in [2.75, 3.05) is 18.0 Å². The van der Waals surface area contributed by atoms with Gasteiger partial charge < -0.3 is 4.90 Å². The predicted octanol–water partition coefficient (Wildman–Crippen LogP) is 5.68. The minimum absolute atomic E-state index is 0.0298. The molecule has 1 aromatic heterocycles. The van der Waals surface area contributed by atoms with Crippen molar-refractivity contribution in [3.63, 3.8) is 0 Å². The van der Waals surface area contributed by atoms with Gasteiger partial charge >= 0.3 is 0 Å². The average molecular weight is 540 g/mol. The van der Waals surface area contributed by atoms with Crippen LogP contribution in [0.2, 0.25) is 15.1 Å². The molecule has 3 aromatic carbocycles. The third kappa shape index (κ3) is 4.36. The lowest BCUT2D eigenvalue weighted by molar-refractivity contribution is 0.561. The number of aromatic nitrogens is 2. The Balaban J connectivity index is 1.39. The summed E-state index contributed by atoms with van der Waals surface area (Å²) in [4.78, 5) is 1.93. The van der Waals surface area contributed by atoms with Crippen LogP contribution in [0.1, 0.15) is 6.42 Å². The molecule has 0 spiro atoms. The highest BCUT2D eigenvalue weighted by Gasteiger charge is 2.31. The zero-order valence-corrected chi connectivity index (χ0v) is 20.6. The Kier molecular flexibility index (Phi) is 6.20. The number of rotatable bonds is 5. The van der Waals surface area contributed by atoms with Crippen molar-refractivity contribution in [2.24, 2.45) is 0 Å². The topological polar surface area (TPSA) is 67.2 Å². The van der Waals surface area contributed by atoms with E-state index in [-0.39, 0.29) is 31.8 Å². The molecule has 0 radical (unpaired) electrons. The van der Waals surface area contributed by atoms with Crippen LogP contribution in [0.5, 0.6) is 0 Å². The summed E-state index contributed by atoms with van der Waals surface area (Å²) in [5, 5.41) is 5.60. The van der Waals surface area contributed by atoms with Crippen molar-refractivity contribution < 1.29 is 12.8 Å². The Morgan fingerprint density at radius 1 is 1.03 bits per heavy atom. The van der Waals surface area contributed by atoms with Gasteiger partial charge in [0.15, 0.2) is 0 Å². The van der Waals surface area contributed by atoms with Crippen molar-refractivity contribution in [3.05, 3.63) is 81.7 Å². The summed E-state index contributed by atoms with van der Waals surface area (Å²) in [6.45, 7) is 1.11. The van der Waals surface area contributed by atoms with Gasteiger partial charge in [0.05, 0.1) is 27.4 Å². The number of hydrogen-bond donors (Lipinski definition) is 1. The minimum Gasteiger partial charge on any atom is -0.369 e. The van der Waals surface area contributed by atoms with Crippen LogP contribution in [0, 0.1) is 5.82 Å². The Bertz CT molecular complexity index is 1470. The molecule has 4 aromatic rings. The first-order valence-electron chi connectivity index (χ1n) is 10.4. The molecule has 0 amide bonds. The van der Waals surface area contributed by atoms with E-state index in [2.05, 4.69) is 14.7 Å². The van der Waals surface area contributed by atoms with E-state index in [4.69, 9.17) is 34.8 Å². The zero-order chi connectivity index (χ0) is 24.0. The summed E-state index contributed by atoms with van der Waals surface area (Å²) in [6.07, 6.45) is 2.36. The molecular formula is C23H18Cl3FN4O2S. The maximum atomic E-state index is 13.3. The van der Waals surface area contributed by atoms with Gasteiger partial charge in [-0.15, -0.1) is 0 Å². The second-order valence-corrected chi connectivity index (χ2v) is 10.9. The molecule has 11 heteroatoms. The van der Waals surface area contributed by atoms with E-state index in [9.17, 15) is 12.8 Å². The van der Waals surface area contributed by atoms with Gasteiger partial charge in [0, 0.05) is 35.2 Å². The third-order valence-electron chi connectivity index (χ3n) is 5.74. The summed E-state index contributed by atoms with van der Waals surface area (Å²) in [7, 11) is -3.95. The Morgan fingerprint density at radius 3 is 2.44 bits per heavy atom. The van der Waals surface area contributed by atoms with Crippen molar-refractivity contribution in [3.8, 4) is 5.69 Å².